The smallest absolute Gasteiger partial charge is 0.259 e. The lowest BCUT2D eigenvalue weighted by Crippen LogP contribution is -2.12. The summed E-state index contributed by atoms with van der Waals surface area (Å²) in [4.78, 5) is 16.7. The van der Waals surface area contributed by atoms with Crippen LogP contribution in [0.25, 0.3) is 10.9 Å². The van der Waals surface area contributed by atoms with Gasteiger partial charge in [-0.05, 0) is 24.3 Å². The standard InChI is InChI=1S/C17H14N2O3/c1-22-14-9-3-7-12(16(14)20)17(21)19-13-8-2-5-11-6-4-10-18-15(11)13/h2-10,20H,1H3,(H,19,21). The summed E-state index contributed by atoms with van der Waals surface area (Å²) in [7, 11) is 1.44. The first-order chi connectivity index (χ1) is 10.7. The molecule has 1 heterocycles. The van der Waals surface area contributed by atoms with E-state index in [1.165, 1.54) is 13.2 Å². The number of methoxy groups -OCH3 is 1. The molecule has 0 aliphatic heterocycles. The average Bonchev–Trinajstić information content (AvgIpc) is 2.55. The van der Waals surface area contributed by atoms with Crippen LogP contribution in [-0.4, -0.2) is 23.1 Å². The Bertz CT molecular complexity index is 841. The van der Waals surface area contributed by atoms with Crippen LogP contribution in [0.5, 0.6) is 11.5 Å². The Morgan fingerprint density at radius 1 is 1.14 bits per heavy atom. The third kappa shape index (κ3) is 2.44. The molecular formula is C17H14N2O3. The number of nitrogens with one attached hydrogen (secondary N) is 1. The number of phenols is 1. The Kier molecular flexibility index (Phi) is 3.62. The normalized spacial score (nSPS) is 10.4. The number of aromatic hydroxyl groups is 1. The molecule has 2 N–H and O–H groups in total. The molecule has 0 spiro atoms. The number of hydrogen-bond donors (Lipinski definition) is 2. The van der Waals surface area contributed by atoms with Gasteiger partial charge in [0, 0.05) is 11.6 Å². The van der Waals surface area contributed by atoms with Crippen molar-refractivity contribution in [2.24, 2.45) is 0 Å². The van der Waals surface area contributed by atoms with Gasteiger partial charge < -0.3 is 15.2 Å². The van der Waals surface area contributed by atoms with Crippen LogP contribution in [0, 0.1) is 0 Å². The molecule has 0 fully saturated rings. The maximum Gasteiger partial charge on any atom is 0.259 e. The number of pyridine rings is 1. The number of benzene rings is 2. The molecule has 110 valence electrons. The summed E-state index contributed by atoms with van der Waals surface area (Å²) in [5.74, 6) is -0.353. The lowest BCUT2D eigenvalue weighted by Gasteiger charge is -2.10. The van der Waals surface area contributed by atoms with E-state index in [4.69, 9.17) is 4.74 Å². The SMILES string of the molecule is COc1cccc(C(=O)Nc2cccc3cccnc23)c1O. The number of para-hydroxylation sites is 2. The zero-order valence-corrected chi connectivity index (χ0v) is 11.9. The molecule has 0 unspecified atom stereocenters. The fourth-order valence-electron chi connectivity index (χ4n) is 2.27. The van der Waals surface area contributed by atoms with Gasteiger partial charge >= 0.3 is 0 Å². The lowest BCUT2D eigenvalue weighted by molar-refractivity contribution is 0.102. The average molecular weight is 294 g/mol. The molecule has 2 aromatic carbocycles. The Hall–Kier alpha value is -3.08. The van der Waals surface area contributed by atoms with Crippen molar-refractivity contribution in [3.05, 3.63) is 60.3 Å². The number of amides is 1. The molecule has 1 amide bonds. The third-order valence-corrected chi connectivity index (χ3v) is 3.34. The Labute approximate surface area is 127 Å². The lowest BCUT2D eigenvalue weighted by atomic mass is 10.1. The third-order valence-electron chi connectivity index (χ3n) is 3.34. The largest absolute Gasteiger partial charge is 0.504 e. The molecule has 5 nitrogen and oxygen atoms in total. The first kappa shape index (κ1) is 13.9. The molecular weight excluding hydrogens is 280 g/mol. The molecule has 0 radical (unpaired) electrons. The molecule has 3 aromatic rings. The van der Waals surface area contributed by atoms with Gasteiger partial charge in [-0.3, -0.25) is 9.78 Å². The molecule has 5 heteroatoms. The van der Waals surface area contributed by atoms with Gasteiger partial charge in [-0.1, -0.05) is 24.3 Å². The van der Waals surface area contributed by atoms with E-state index in [9.17, 15) is 9.90 Å². The number of nitrogens with zero attached hydrogens (tertiary/aromatic N) is 1. The number of ether oxygens (including phenoxy) is 1. The Balaban J connectivity index is 1.97. The Morgan fingerprint density at radius 2 is 1.91 bits per heavy atom. The van der Waals surface area contributed by atoms with Crippen molar-refractivity contribution in [2.45, 2.75) is 0 Å². The minimum atomic E-state index is -0.422. The summed E-state index contributed by atoms with van der Waals surface area (Å²) >= 11 is 0. The van der Waals surface area contributed by atoms with Crippen LogP contribution >= 0.6 is 0 Å². The molecule has 22 heavy (non-hydrogen) atoms. The van der Waals surface area contributed by atoms with Crippen molar-refractivity contribution in [3.8, 4) is 11.5 Å². The van der Waals surface area contributed by atoms with Gasteiger partial charge in [0.1, 0.15) is 0 Å². The van der Waals surface area contributed by atoms with Crippen LogP contribution in [-0.2, 0) is 0 Å². The number of phenolic OH excluding ortho intramolecular Hbond substituents is 1. The number of hydrogen-bond acceptors (Lipinski definition) is 4. The quantitative estimate of drug-likeness (QED) is 0.778. The van der Waals surface area contributed by atoms with Crippen molar-refractivity contribution in [3.63, 3.8) is 0 Å². The number of fused-ring (bicyclic) bond motifs is 1. The molecule has 0 aliphatic carbocycles. The van der Waals surface area contributed by atoms with E-state index in [2.05, 4.69) is 10.3 Å². The molecule has 0 bridgehead atoms. The van der Waals surface area contributed by atoms with E-state index in [0.29, 0.717) is 11.2 Å². The number of aromatic nitrogens is 1. The van der Waals surface area contributed by atoms with Crippen molar-refractivity contribution in [2.75, 3.05) is 12.4 Å². The maximum atomic E-state index is 12.4. The van der Waals surface area contributed by atoms with Crippen molar-refractivity contribution < 1.29 is 14.6 Å². The van der Waals surface area contributed by atoms with Crippen molar-refractivity contribution in [1.29, 1.82) is 0 Å². The first-order valence-corrected chi connectivity index (χ1v) is 6.72. The molecule has 0 atom stereocenters. The van der Waals surface area contributed by atoms with Crippen LogP contribution in [0.15, 0.2) is 54.7 Å². The highest BCUT2D eigenvalue weighted by Gasteiger charge is 2.15. The first-order valence-electron chi connectivity index (χ1n) is 6.72. The predicted octanol–water partition coefficient (Wildman–Crippen LogP) is 3.20. The summed E-state index contributed by atoms with van der Waals surface area (Å²) in [6.45, 7) is 0. The summed E-state index contributed by atoms with van der Waals surface area (Å²) in [5, 5.41) is 13.8. The molecule has 0 aliphatic rings. The van der Waals surface area contributed by atoms with Crippen LogP contribution in [0.3, 0.4) is 0 Å². The van der Waals surface area contributed by atoms with Gasteiger partial charge in [0.2, 0.25) is 0 Å². The molecule has 1 aromatic heterocycles. The van der Waals surface area contributed by atoms with E-state index >= 15 is 0 Å². The van der Waals surface area contributed by atoms with Crippen LogP contribution in [0.2, 0.25) is 0 Å². The van der Waals surface area contributed by atoms with Gasteiger partial charge in [-0.15, -0.1) is 0 Å². The van der Waals surface area contributed by atoms with Gasteiger partial charge in [0.25, 0.3) is 5.91 Å². The van der Waals surface area contributed by atoms with E-state index in [0.717, 1.165) is 5.39 Å². The van der Waals surface area contributed by atoms with E-state index in [-0.39, 0.29) is 17.1 Å². The van der Waals surface area contributed by atoms with Crippen molar-refractivity contribution >= 4 is 22.5 Å². The zero-order valence-electron chi connectivity index (χ0n) is 11.9. The summed E-state index contributed by atoms with van der Waals surface area (Å²) in [6, 6.07) is 14.0. The minimum absolute atomic E-state index is 0.146. The second kappa shape index (κ2) is 5.73. The fraction of sp³-hybridized carbons (Fsp3) is 0.0588. The minimum Gasteiger partial charge on any atom is -0.504 e. The van der Waals surface area contributed by atoms with E-state index in [1.807, 2.05) is 24.3 Å². The topological polar surface area (TPSA) is 71.5 Å². The maximum absolute atomic E-state index is 12.4. The highest BCUT2D eigenvalue weighted by molar-refractivity contribution is 6.09. The van der Waals surface area contributed by atoms with E-state index < -0.39 is 5.91 Å². The number of carbonyl (C=O) groups is 1. The van der Waals surface area contributed by atoms with Crippen LogP contribution in [0.1, 0.15) is 10.4 Å². The fourth-order valence-corrected chi connectivity index (χ4v) is 2.27. The summed E-state index contributed by atoms with van der Waals surface area (Å²) in [6.07, 6.45) is 1.67. The number of carbonyl (C=O) groups excluding carboxylic acids is 1. The van der Waals surface area contributed by atoms with Gasteiger partial charge in [-0.25, -0.2) is 0 Å². The van der Waals surface area contributed by atoms with Crippen LogP contribution < -0.4 is 10.1 Å². The second-order valence-electron chi connectivity index (χ2n) is 4.69. The highest BCUT2D eigenvalue weighted by Crippen LogP contribution is 2.30. The number of anilines is 1. The molecule has 3 rings (SSSR count). The summed E-state index contributed by atoms with van der Waals surface area (Å²) in [5.41, 5.74) is 1.43. The predicted molar refractivity (Wildman–Crippen MR) is 84.4 cm³/mol. The monoisotopic (exact) mass is 294 g/mol. The Morgan fingerprint density at radius 3 is 2.73 bits per heavy atom. The van der Waals surface area contributed by atoms with Gasteiger partial charge in [0.05, 0.1) is 23.9 Å². The summed E-state index contributed by atoms with van der Waals surface area (Å²) < 4.78 is 5.01. The van der Waals surface area contributed by atoms with E-state index in [1.54, 1.807) is 24.4 Å². The zero-order chi connectivity index (χ0) is 15.5. The second-order valence-corrected chi connectivity index (χ2v) is 4.69. The molecule has 0 saturated heterocycles. The van der Waals surface area contributed by atoms with Crippen molar-refractivity contribution in [1.82, 2.24) is 4.98 Å². The van der Waals surface area contributed by atoms with Gasteiger partial charge in [-0.2, -0.15) is 0 Å². The highest BCUT2D eigenvalue weighted by atomic mass is 16.5. The van der Waals surface area contributed by atoms with Crippen LogP contribution in [0.4, 0.5) is 5.69 Å². The number of rotatable bonds is 3. The van der Waals surface area contributed by atoms with Gasteiger partial charge in [0.15, 0.2) is 11.5 Å². The molecule has 0 saturated carbocycles.